The van der Waals surface area contributed by atoms with Gasteiger partial charge in [0.05, 0.1) is 12.7 Å². The first kappa shape index (κ1) is 25.4. The van der Waals surface area contributed by atoms with E-state index in [1.54, 1.807) is 0 Å². The summed E-state index contributed by atoms with van der Waals surface area (Å²) in [5.74, 6) is 1.37. The van der Waals surface area contributed by atoms with Gasteiger partial charge in [-0.25, -0.2) is 13.6 Å². The van der Waals surface area contributed by atoms with Crippen molar-refractivity contribution in [1.29, 1.82) is 0 Å². The molecule has 0 spiro atoms. The average Bonchev–Trinajstić information content (AvgIpc) is 2.84. The Bertz CT molecular complexity index is 1160. The van der Waals surface area contributed by atoms with E-state index in [1.807, 2.05) is 61.2 Å². The van der Waals surface area contributed by atoms with Crippen molar-refractivity contribution in [3.05, 3.63) is 94.6 Å². The molecule has 184 valence electrons. The molecule has 1 fully saturated rings. The number of rotatable bonds is 8. The van der Waals surface area contributed by atoms with Crippen molar-refractivity contribution < 1.29 is 18.3 Å². The van der Waals surface area contributed by atoms with E-state index in [9.17, 15) is 13.6 Å². The third-order valence-electron chi connectivity index (χ3n) is 6.52. The van der Waals surface area contributed by atoms with Crippen LogP contribution in [0.15, 0.2) is 60.7 Å². The van der Waals surface area contributed by atoms with Crippen molar-refractivity contribution in [3.63, 3.8) is 0 Å². The van der Waals surface area contributed by atoms with Gasteiger partial charge in [0.25, 0.3) is 0 Å². The van der Waals surface area contributed by atoms with Crippen molar-refractivity contribution in [2.45, 2.75) is 32.9 Å². The summed E-state index contributed by atoms with van der Waals surface area (Å²) < 4.78 is 32.8. The molecule has 0 unspecified atom stereocenters. The van der Waals surface area contributed by atoms with Gasteiger partial charge >= 0.3 is 5.97 Å². The van der Waals surface area contributed by atoms with Crippen LogP contribution in [0.1, 0.15) is 39.9 Å². The number of nitrogens with zero attached hydrogens (tertiary/aromatic N) is 1. The Kier molecular flexibility index (Phi) is 8.58. The maximum Gasteiger partial charge on any atom is 0.338 e. The van der Waals surface area contributed by atoms with Crippen LogP contribution in [-0.2, 0) is 17.8 Å². The molecule has 0 aliphatic carbocycles. The Morgan fingerprint density at radius 3 is 2.31 bits per heavy atom. The fourth-order valence-electron chi connectivity index (χ4n) is 4.77. The SMILES string of the molecule is COC(=O)c1ccc(CN(Cc2cc(F)cc(F)c2)CC2CCSCC2)cc1-c1ccccc1C. The molecule has 0 aromatic heterocycles. The van der Waals surface area contributed by atoms with E-state index in [4.69, 9.17) is 4.74 Å². The summed E-state index contributed by atoms with van der Waals surface area (Å²) in [5, 5.41) is 0. The number of benzene rings is 3. The van der Waals surface area contributed by atoms with Gasteiger partial charge in [-0.1, -0.05) is 30.3 Å². The molecule has 3 nitrogen and oxygen atoms in total. The molecule has 0 bridgehead atoms. The van der Waals surface area contributed by atoms with Crippen molar-refractivity contribution in [2.75, 3.05) is 25.2 Å². The molecule has 0 N–H and O–H groups in total. The van der Waals surface area contributed by atoms with Crippen LogP contribution in [0.4, 0.5) is 8.78 Å². The van der Waals surface area contributed by atoms with E-state index in [0.29, 0.717) is 30.1 Å². The summed E-state index contributed by atoms with van der Waals surface area (Å²) >= 11 is 1.98. The summed E-state index contributed by atoms with van der Waals surface area (Å²) in [4.78, 5) is 14.8. The van der Waals surface area contributed by atoms with Crippen molar-refractivity contribution >= 4 is 17.7 Å². The zero-order valence-electron chi connectivity index (χ0n) is 20.2. The molecule has 1 saturated heterocycles. The van der Waals surface area contributed by atoms with Gasteiger partial charge in [-0.15, -0.1) is 0 Å². The molecular weight excluding hydrogens is 464 g/mol. The van der Waals surface area contributed by atoms with Crippen LogP contribution in [0.5, 0.6) is 0 Å². The van der Waals surface area contributed by atoms with Crippen LogP contribution in [-0.4, -0.2) is 36.0 Å². The molecule has 1 heterocycles. The molecule has 0 radical (unpaired) electrons. The van der Waals surface area contributed by atoms with Gasteiger partial charge < -0.3 is 4.74 Å². The lowest BCUT2D eigenvalue weighted by Gasteiger charge is -2.30. The number of methoxy groups -OCH3 is 1. The second-order valence-electron chi connectivity index (χ2n) is 9.19. The first-order chi connectivity index (χ1) is 16.9. The van der Waals surface area contributed by atoms with Gasteiger partial charge in [-0.2, -0.15) is 11.8 Å². The summed E-state index contributed by atoms with van der Waals surface area (Å²) in [6.07, 6.45) is 2.29. The van der Waals surface area contributed by atoms with E-state index in [2.05, 4.69) is 4.90 Å². The number of aryl methyl sites for hydroxylation is 1. The van der Waals surface area contributed by atoms with Gasteiger partial charge in [0.1, 0.15) is 11.6 Å². The molecule has 1 aliphatic heterocycles. The average molecular weight is 496 g/mol. The number of carbonyl (C=O) groups excluding carboxylic acids is 1. The van der Waals surface area contributed by atoms with Crippen LogP contribution in [0.3, 0.4) is 0 Å². The highest BCUT2D eigenvalue weighted by molar-refractivity contribution is 7.99. The number of thioether (sulfide) groups is 1. The lowest BCUT2D eigenvalue weighted by atomic mass is 9.93. The molecule has 0 atom stereocenters. The smallest absolute Gasteiger partial charge is 0.338 e. The monoisotopic (exact) mass is 495 g/mol. The standard InChI is InChI=1S/C29H31F2NO2S/c1-20-5-3-4-6-26(20)28-15-22(7-8-27(28)29(33)34-2)18-32(17-21-9-11-35-12-10-21)19-23-13-24(30)16-25(31)14-23/h3-8,13-16,21H,9-12,17-19H2,1-2H3. The maximum absolute atomic E-state index is 13.9. The Morgan fingerprint density at radius 2 is 1.63 bits per heavy atom. The normalized spacial score (nSPS) is 14.3. The third-order valence-corrected chi connectivity index (χ3v) is 7.57. The first-order valence-corrected chi connectivity index (χ1v) is 13.1. The Hall–Kier alpha value is -2.70. The van der Waals surface area contributed by atoms with Gasteiger partial charge in [-0.05, 0) is 89.3 Å². The molecular formula is C29H31F2NO2S. The molecule has 6 heteroatoms. The Labute approximate surface area is 210 Å². The lowest BCUT2D eigenvalue weighted by molar-refractivity contribution is 0.0601. The molecule has 0 amide bonds. The number of hydrogen-bond donors (Lipinski definition) is 0. The topological polar surface area (TPSA) is 29.5 Å². The summed E-state index contributed by atoms with van der Waals surface area (Å²) in [5.41, 5.74) is 5.07. The van der Waals surface area contributed by atoms with Gasteiger partial charge in [0, 0.05) is 25.7 Å². The number of hydrogen-bond acceptors (Lipinski definition) is 4. The van der Waals surface area contributed by atoms with E-state index in [0.717, 1.165) is 59.2 Å². The fraction of sp³-hybridized carbons (Fsp3) is 0.345. The fourth-order valence-corrected chi connectivity index (χ4v) is 5.98. The summed E-state index contributed by atoms with van der Waals surface area (Å²) in [7, 11) is 1.39. The maximum atomic E-state index is 13.9. The van der Waals surface area contributed by atoms with E-state index < -0.39 is 11.6 Å². The molecule has 4 rings (SSSR count). The van der Waals surface area contributed by atoms with Gasteiger partial charge in [-0.3, -0.25) is 4.90 Å². The molecule has 3 aromatic rings. The van der Waals surface area contributed by atoms with Gasteiger partial charge in [0.15, 0.2) is 0 Å². The summed E-state index contributed by atoms with van der Waals surface area (Å²) in [6.45, 7) is 3.95. The number of ether oxygens (including phenoxy) is 1. The Balaban J connectivity index is 1.66. The van der Waals surface area contributed by atoms with Crippen LogP contribution < -0.4 is 0 Å². The van der Waals surface area contributed by atoms with Gasteiger partial charge in [0.2, 0.25) is 0 Å². The van der Waals surface area contributed by atoms with Crippen LogP contribution in [0.25, 0.3) is 11.1 Å². The highest BCUT2D eigenvalue weighted by atomic mass is 32.2. The van der Waals surface area contributed by atoms with Crippen LogP contribution in [0.2, 0.25) is 0 Å². The van der Waals surface area contributed by atoms with E-state index >= 15 is 0 Å². The van der Waals surface area contributed by atoms with Crippen LogP contribution >= 0.6 is 11.8 Å². The van der Waals surface area contributed by atoms with Crippen LogP contribution in [0, 0.1) is 24.5 Å². The highest BCUT2D eigenvalue weighted by Gasteiger charge is 2.20. The first-order valence-electron chi connectivity index (χ1n) is 11.9. The zero-order chi connectivity index (χ0) is 24.8. The number of halogens is 2. The molecule has 1 aliphatic rings. The number of esters is 1. The minimum absolute atomic E-state index is 0.374. The highest BCUT2D eigenvalue weighted by Crippen LogP contribution is 2.30. The Morgan fingerprint density at radius 1 is 0.943 bits per heavy atom. The van der Waals surface area contributed by atoms with Crippen molar-refractivity contribution in [1.82, 2.24) is 4.90 Å². The van der Waals surface area contributed by atoms with E-state index in [-0.39, 0.29) is 5.97 Å². The summed E-state index contributed by atoms with van der Waals surface area (Å²) in [6, 6.07) is 17.5. The minimum Gasteiger partial charge on any atom is -0.465 e. The molecule has 35 heavy (non-hydrogen) atoms. The minimum atomic E-state index is -0.557. The second-order valence-corrected chi connectivity index (χ2v) is 10.4. The molecule has 0 saturated carbocycles. The van der Waals surface area contributed by atoms with E-state index in [1.165, 1.54) is 19.2 Å². The largest absolute Gasteiger partial charge is 0.465 e. The third kappa shape index (κ3) is 6.71. The molecule has 3 aromatic carbocycles. The predicted molar refractivity (Wildman–Crippen MR) is 138 cm³/mol. The zero-order valence-corrected chi connectivity index (χ0v) is 21.0. The quantitative estimate of drug-likeness (QED) is 0.319. The number of carbonyl (C=O) groups is 1. The van der Waals surface area contributed by atoms with Crippen molar-refractivity contribution in [2.24, 2.45) is 5.92 Å². The van der Waals surface area contributed by atoms with Crippen molar-refractivity contribution in [3.8, 4) is 11.1 Å². The predicted octanol–water partition coefficient (Wildman–Crippen LogP) is 6.87. The lowest BCUT2D eigenvalue weighted by Crippen LogP contribution is -2.31. The second kappa shape index (κ2) is 11.8.